The molecule has 0 saturated carbocycles. The summed E-state index contributed by atoms with van der Waals surface area (Å²) < 4.78 is 11.3. The Morgan fingerprint density at radius 3 is 2.67 bits per heavy atom. The second kappa shape index (κ2) is 8.21. The first kappa shape index (κ1) is 20.6. The summed E-state index contributed by atoms with van der Waals surface area (Å²) in [6.07, 6.45) is 4.14. The number of hydrogen-bond donors (Lipinski definition) is 1. The maximum atomic E-state index is 12.0. The number of alkyl carbamates (subject to hydrolysis) is 1. The fourth-order valence-corrected chi connectivity index (χ4v) is 4.31. The van der Waals surface area contributed by atoms with Crippen molar-refractivity contribution in [3.8, 4) is 5.75 Å². The number of ether oxygens (including phenoxy) is 2. The Hall–Kier alpha value is -2.69. The Labute approximate surface area is 179 Å². The molecule has 0 fully saturated rings. The SMILES string of the molecule is CN(c1ccc2c(c1)CCC2)c1ccc2c(c1)OCC[C@H]2CNC(=O)OC(C)(C)C. The summed E-state index contributed by atoms with van der Waals surface area (Å²) in [5.41, 5.74) is 5.92. The Kier molecular flexibility index (Phi) is 5.63. The van der Waals surface area contributed by atoms with Crippen LogP contribution in [0.5, 0.6) is 5.75 Å². The van der Waals surface area contributed by atoms with E-state index in [-0.39, 0.29) is 12.0 Å². The van der Waals surface area contributed by atoms with Gasteiger partial charge in [0.1, 0.15) is 11.4 Å². The van der Waals surface area contributed by atoms with Gasteiger partial charge >= 0.3 is 6.09 Å². The maximum absolute atomic E-state index is 12.0. The van der Waals surface area contributed by atoms with E-state index in [9.17, 15) is 4.79 Å². The monoisotopic (exact) mass is 408 g/mol. The molecule has 0 aromatic heterocycles. The molecule has 1 aliphatic heterocycles. The molecule has 0 bridgehead atoms. The predicted octanol–water partition coefficient (Wildman–Crippen LogP) is 5.33. The van der Waals surface area contributed by atoms with Crippen molar-refractivity contribution in [3.63, 3.8) is 0 Å². The van der Waals surface area contributed by atoms with E-state index in [1.807, 2.05) is 20.8 Å². The molecule has 160 valence electrons. The summed E-state index contributed by atoms with van der Waals surface area (Å²) in [5.74, 6) is 1.13. The quantitative estimate of drug-likeness (QED) is 0.742. The zero-order valence-corrected chi connectivity index (χ0v) is 18.5. The van der Waals surface area contributed by atoms with Crippen LogP contribution in [0.1, 0.15) is 56.2 Å². The van der Waals surface area contributed by atoms with Crippen LogP contribution in [-0.2, 0) is 17.6 Å². The van der Waals surface area contributed by atoms with E-state index in [1.54, 1.807) is 0 Å². The fourth-order valence-electron chi connectivity index (χ4n) is 4.31. The molecule has 30 heavy (non-hydrogen) atoms. The van der Waals surface area contributed by atoms with E-state index < -0.39 is 5.60 Å². The van der Waals surface area contributed by atoms with Crippen LogP contribution in [-0.4, -0.2) is 31.9 Å². The van der Waals surface area contributed by atoms with Crippen molar-refractivity contribution in [1.82, 2.24) is 5.32 Å². The maximum Gasteiger partial charge on any atom is 0.407 e. The van der Waals surface area contributed by atoms with E-state index >= 15 is 0 Å². The second-order valence-electron chi connectivity index (χ2n) is 9.30. The first-order valence-corrected chi connectivity index (χ1v) is 10.9. The molecule has 1 aliphatic carbocycles. The molecule has 0 unspecified atom stereocenters. The normalized spacial score (nSPS) is 17.5. The van der Waals surface area contributed by atoms with E-state index in [0.717, 1.165) is 23.4 Å². The van der Waals surface area contributed by atoms with Crippen LogP contribution in [0.15, 0.2) is 36.4 Å². The number of amides is 1. The third-order valence-electron chi connectivity index (χ3n) is 5.91. The lowest BCUT2D eigenvalue weighted by molar-refractivity contribution is 0.0521. The van der Waals surface area contributed by atoms with Crippen molar-refractivity contribution in [2.75, 3.05) is 25.1 Å². The van der Waals surface area contributed by atoms with Gasteiger partial charge in [0.15, 0.2) is 0 Å². The first-order valence-electron chi connectivity index (χ1n) is 10.9. The van der Waals surface area contributed by atoms with E-state index in [1.165, 1.54) is 36.1 Å². The first-order chi connectivity index (χ1) is 14.3. The Morgan fingerprint density at radius 2 is 1.87 bits per heavy atom. The summed E-state index contributed by atoms with van der Waals surface area (Å²) in [5, 5.41) is 2.91. The second-order valence-corrected chi connectivity index (χ2v) is 9.30. The molecular formula is C25H32N2O3. The van der Waals surface area contributed by atoms with Gasteiger partial charge in [-0.25, -0.2) is 4.79 Å². The van der Waals surface area contributed by atoms with Gasteiger partial charge < -0.3 is 19.7 Å². The van der Waals surface area contributed by atoms with Gasteiger partial charge in [-0.1, -0.05) is 12.1 Å². The van der Waals surface area contributed by atoms with Crippen LogP contribution in [0.2, 0.25) is 0 Å². The number of nitrogens with one attached hydrogen (secondary N) is 1. The largest absolute Gasteiger partial charge is 0.493 e. The number of anilines is 2. The average Bonchev–Trinajstić information content (AvgIpc) is 3.17. The molecule has 1 heterocycles. The van der Waals surface area contributed by atoms with Crippen molar-refractivity contribution >= 4 is 17.5 Å². The number of aryl methyl sites for hydroxylation is 2. The number of fused-ring (bicyclic) bond motifs is 2. The molecule has 0 spiro atoms. The minimum atomic E-state index is -0.491. The third kappa shape index (κ3) is 4.55. The smallest absolute Gasteiger partial charge is 0.407 e. The molecule has 1 N–H and O–H groups in total. The van der Waals surface area contributed by atoms with Crippen LogP contribution >= 0.6 is 0 Å². The summed E-state index contributed by atoms with van der Waals surface area (Å²) in [4.78, 5) is 14.2. The molecule has 2 aromatic rings. The molecule has 5 nitrogen and oxygen atoms in total. The molecule has 5 heteroatoms. The van der Waals surface area contributed by atoms with E-state index in [2.05, 4.69) is 53.7 Å². The lowest BCUT2D eigenvalue weighted by Gasteiger charge is -2.29. The molecule has 0 radical (unpaired) electrons. The number of carbonyl (C=O) groups excluding carboxylic acids is 1. The predicted molar refractivity (Wildman–Crippen MR) is 120 cm³/mol. The molecule has 1 amide bonds. The minimum absolute atomic E-state index is 0.223. The topological polar surface area (TPSA) is 50.8 Å². The molecule has 4 rings (SSSR count). The van der Waals surface area contributed by atoms with Gasteiger partial charge in [0.2, 0.25) is 0 Å². The highest BCUT2D eigenvalue weighted by Gasteiger charge is 2.24. The highest BCUT2D eigenvalue weighted by Crippen LogP contribution is 2.38. The van der Waals surface area contributed by atoms with Crippen LogP contribution in [0.25, 0.3) is 0 Å². The summed E-state index contributed by atoms with van der Waals surface area (Å²) >= 11 is 0. The molecule has 2 aliphatic rings. The van der Waals surface area contributed by atoms with Gasteiger partial charge in [-0.05, 0) is 81.3 Å². The van der Waals surface area contributed by atoms with Crippen LogP contribution in [0.4, 0.5) is 16.2 Å². The Morgan fingerprint density at radius 1 is 1.13 bits per heavy atom. The fraction of sp³-hybridized carbons (Fsp3) is 0.480. The highest BCUT2D eigenvalue weighted by molar-refractivity contribution is 5.68. The zero-order valence-electron chi connectivity index (χ0n) is 18.5. The van der Waals surface area contributed by atoms with Crippen molar-refractivity contribution in [3.05, 3.63) is 53.1 Å². The number of carbonyl (C=O) groups is 1. The molecule has 0 saturated heterocycles. The van der Waals surface area contributed by atoms with Gasteiger partial charge in [0, 0.05) is 37.0 Å². The zero-order chi connectivity index (χ0) is 21.3. The lowest BCUT2D eigenvalue weighted by atomic mass is 9.92. The third-order valence-corrected chi connectivity index (χ3v) is 5.91. The van der Waals surface area contributed by atoms with Gasteiger partial charge in [0.05, 0.1) is 6.61 Å². The molecule has 2 aromatic carbocycles. The highest BCUT2D eigenvalue weighted by atomic mass is 16.6. The molecule has 1 atom stereocenters. The Bertz CT molecular complexity index is 932. The van der Waals surface area contributed by atoms with Crippen LogP contribution in [0, 0.1) is 0 Å². The summed E-state index contributed by atoms with van der Waals surface area (Å²) in [6.45, 7) is 6.81. The van der Waals surface area contributed by atoms with Crippen molar-refractivity contribution in [1.29, 1.82) is 0 Å². The Balaban J connectivity index is 1.47. The standard InChI is InChI=1S/C25H32N2O3/c1-25(2,3)30-24(28)26-16-19-12-13-29-23-15-21(10-11-22(19)23)27(4)20-9-8-17-6-5-7-18(17)14-20/h8-11,14-15,19H,5-7,12-13,16H2,1-4H3,(H,26,28)/t19-/m0/s1. The van der Waals surface area contributed by atoms with Gasteiger partial charge in [-0.15, -0.1) is 0 Å². The van der Waals surface area contributed by atoms with Crippen molar-refractivity contribution in [2.24, 2.45) is 0 Å². The van der Waals surface area contributed by atoms with Crippen LogP contribution in [0.3, 0.4) is 0 Å². The average molecular weight is 409 g/mol. The summed E-state index contributed by atoms with van der Waals surface area (Å²) in [7, 11) is 2.10. The number of hydrogen-bond acceptors (Lipinski definition) is 4. The van der Waals surface area contributed by atoms with Crippen molar-refractivity contribution < 1.29 is 14.3 Å². The number of nitrogens with zero attached hydrogens (tertiary/aromatic N) is 1. The van der Waals surface area contributed by atoms with Gasteiger partial charge in [0.25, 0.3) is 0 Å². The van der Waals surface area contributed by atoms with Crippen molar-refractivity contribution in [2.45, 2.75) is 58.0 Å². The lowest BCUT2D eigenvalue weighted by Crippen LogP contribution is -2.35. The summed E-state index contributed by atoms with van der Waals surface area (Å²) in [6, 6.07) is 13.2. The minimum Gasteiger partial charge on any atom is -0.493 e. The van der Waals surface area contributed by atoms with E-state index in [4.69, 9.17) is 9.47 Å². The number of rotatable bonds is 4. The molecular weight excluding hydrogens is 376 g/mol. The van der Waals surface area contributed by atoms with Gasteiger partial charge in [-0.2, -0.15) is 0 Å². The van der Waals surface area contributed by atoms with Gasteiger partial charge in [-0.3, -0.25) is 0 Å². The van der Waals surface area contributed by atoms with Crippen LogP contribution < -0.4 is 15.0 Å². The van der Waals surface area contributed by atoms with E-state index in [0.29, 0.717) is 13.2 Å². The number of benzene rings is 2.